The van der Waals surface area contributed by atoms with Crippen molar-refractivity contribution in [3.63, 3.8) is 0 Å². The first kappa shape index (κ1) is 109. The molecule has 1 N–H and O–H groups in total. The van der Waals surface area contributed by atoms with Crippen LogP contribution in [0.3, 0.4) is 0 Å². The van der Waals surface area contributed by atoms with Gasteiger partial charge in [0.15, 0.2) is 18.7 Å². The van der Waals surface area contributed by atoms with Crippen LogP contribution in [0.4, 0.5) is 4.79 Å². The molecule has 0 radical (unpaired) electrons. The zero-order chi connectivity index (χ0) is 101. The molecule has 11 aromatic rings. The van der Waals surface area contributed by atoms with Crippen LogP contribution in [0.15, 0.2) is 286 Å². The maximum Gasteiger partial charge on any atom is 0.419 e. The minimum absolute atomic E-state index is 0.00823. The normalized spacial score (nSPS) is 21.3. The molecule has 141 heavy (non-hydrogen) atoms. The van der Waals surface area contributed by atoms with Crippen molar-refractivity contribution in [1.82, 2.24) is 9.55 Å². The van der Waals surface area contributed by atoms with Crippen LogP contribution < -0.4 is 0 Å². The van der Waals surface area contributed by atoms with Gasteiger partial charge in [-0.2, -0.15) is 0 Å². The van der Waals surface area contributed by atoms with Crippen molar-refractivity contribution in [2.45, 2.75) is 294 Å². The Morgan fingerprint density at radius 2 is 0.688 bits per heavy atom. The molecule has 8 unspecified atom stereocenters. The van der Waals surface area contributed by atoms with E-state index in [-0.39, 0.29) is 110 Å². The second-order valence-electron chi connectivity index (χ2n) is 39.4. The molecule has 0 aliphatic carbocycles. The molecule has 14 atom stereocenters. The summed E-state index contributed by atoms with van der Waals surface area (Å²) in [5, 5.41) is 16.8. The third kappa shape index (κ3) is 29.2. The number of aliphatic hydroxyl groups excluding tert-OH is 1. The molecule has 1 aromatic heterocycles. The first-order valence-corrected chi connectivity index (χ1v) is 59.4. The average molecular weight is 2110 g/mol. The number of imidazole rings is 1. The monoisotopic (exact) mass is 2110 g/mol. The molecule has 23 nitrogen and oxygen atoms in total. The number of hydrogen-bond donors (Lipinski definition) is 1. The highest BCUT2D eigenvalue weighted by Crippen LogP contribution is 2.51. The number of carbonyl (C=O) groups is 1. The molecule has 5 heterocycles. The molecular formula is C113H149IN2O21Si4. The summed E-state index contributed by atoms with van der Waals surface area (Å²) in [6.07, 6.45) is -7.43. The van der Waals surface area contributed by atoms with E-state index < -0.39 is 126 Å². The summed E-state index contributed by atoms with van der Waals surface area (Å²) in [5.74, 6) is 0. The van der Waals surface area contributed by atoms with Crippen LogP contribution in [0, 0.1) is 0 Å². The first-order valence-electron chi connectivity index (χ1n) is 50.7. The Morgan fingerprint density at radius 1 is 0.383 bits per heavy atom. The van der Waals surface area contributed by atoms with Gasteiger partial charge in [-0.05, 0) is 127 Å². The molecule has 15 rings (SSSR count). The molecule has 0 saturated carbocycles. The Bertz CT molecular complexity index is 5460. The first-order chi connectivity index (χ1) is 68.6. The number of carbonyl (C=O) groups excluding carboxylic acids is 1. The van der Waals surface area contributed by atoms with Crippen LogP contribution in [-0.4, -0.2) is 185 Å². The van der Waals surface area contributed by atoms with Gasteiger partial charge in [0.2, 0.25) is 0 Å². The number of ether oxygens (including phenoxy) is 13. The predicted octanol–water partition coefficient (Wildman–Crippen LogP) is 24.3. The fraction of sp³-hybridized carbons (Fsp3) is 0.469. The highest BCUT2D eigenvalue weighted by atomic mass is 127. The standard InChI is InChI=1S/C58H74N2O11Si2.C54H72O10Si2.CH3I/c1-41(2)72(42(3)4)67-39-53-55(70-73(71-72,43(5)6)44(7)8)56(69-58(61)60-31-30-59-40-60)57(68-53)66-38-52(64-35-46-22-14-10-15-23-46)54(65-36-47-24-16-11-17-25-47)51(63-34-45-20-12-9-13-21-45)37-62-33-48-28-29-49-26-18-19-27-50(49)32-48;1-38(2)65(39(3)4)61-37-50-53(63-66(64-65,40(5)6)41(7)8)51(55)54(62-50)60-36-49(58-33-43-22-14-10-15-23-43)52(59-34-44-24-16-11-17-25-44)48(57-32-42-20-12-9-13-21-42)35-56-31-45-28-29-46-26-18-19-27-47(46)30-45;1-2/h9-32,40-44,51-57H,33-39H2,1-8H3;9-30,38-41,48-55H,31-37H2,1-8H3;1H3/t51?,52?,53-,54?,55?,56+,57-;48?,49?,50-,51+,52?,53?,54-;/m11./s1/i;;1D. The lowest BCUT2D eigenvalue weighted by Gasteiger charge is -2.51. The Balaban J connectivity index is 0.000000233. The maximum absolute atomic E-state index is 14.0. The predicted molar refractivity (Wildman–Crippen MR) is 568 cm³/mol. The van der Waals surface area contributed by atoms with E-state index in [1.807, 2.05) is 229 Å². The second-order valence-corrected chi connectivity index (χ2v) is 57.1. The molecule has 0 amide bonds. The van der Waals surface area contributed by atoms with Crippen molar-refractivity contribution >= 4 is 84.5 Å². The largest absolute Gasteiger partial charge is 0.437 e. The number of nitrogens with zero attached hydrogens (tertiary/aromatic N) is 2. The lowest BCUT2D eigenvalue weighted by molar-refractivity contribution is -0.217. The minimum atomic E-state index is -3.20. The number of hydrogen-bond acceptors (Lipinski definition) is 22. The van der Waals surface area contributed by atoms with Crippen molar-refractivity contribution < 1.29 is 98.8 Å². The Hall–Kier alpha value is -7.76. The van der Waals surface area contributed by atoms with Gasteiger partial charge in [-0.3, -0.25) is 0 Å². The topological polar surface area (TPSA) is 230 Å². The summed E-state index contributed by atoms with van der Waals surface area (Å²) in [6.45, 7) is 37.9. The number of aliphatic hydroxyl groups is 1. The van der Waals surface area contributed by atoms with Crippen LogP contribution in [0.2, 0.25) is 44.3 Å². The molecule has 10 aromatic carbocycles. The van der Waals surface area contributed by atoms with Gasteiger partial charge in [0.05, 0.1) is 92.5 Å². The Kier molecular flexibility index (Phi) is 41.8. The lowest BCUT2D eigenvalue weighted by atomic mass is 10.1. The average Bonchev–Trinajstić information content (AvgIpc) is 1.49. The summed E-state index contributed by atoms with van der Waals surface area (Å²) < 4.78 is 140. The Labute approximate surface area is 855 Å². The third-order valence-electron chi connectivity index (χ3n) is 27.0. The van der Waals surface area contributed by atoms with Crippen LogP contribution in [0.5, 0.6) is 0 Å². The lowest BCUT2D eigenvalue weighted by Crippen LogP contribution is -2.66. The fourth-order valence-corrected chi connectivity index (χ4v) is 41.7. The van der Waals surface area contributed by atoms with Crippen molar-refractivity contribution in [1.29, 1.82) is 0 Å². The summed E-state index contributed by atoms with van der Waals surface area (Å²) >= 11 is 1.96. The van der Waals surface area contributed by atoms with Crippen LogP contribution in [0.1, 0.15) is 157 Å². The molecule has 4 aliphatic rings. The highest BCUT2D eigenvalue weighted by Gasteiger charge is 2.65. The molecule has 4 fully saturated rings. The van der Waals surface area contributed by atoms with Gasteiger partial charge in [0, 0.05) is 13.8 Å². The van der Waals surface area contributed by atoms with Gasteiger partial charge >= 0.3 is 40.3 Å². The highest BCUT2D eigenvalue weighted by molar-refractivity contribution is 14.1. The fourth-order valence-electron chi connectivity index (χ4n) is 19.3. The third-order valence-corrected chi connectivity index (χ3v) is 47.5. The summed E-state index contributed by atoms with van der Waals surface area (Å²) in [5.41, 5.74) is 8.80. The van der Waals surface area contributed by atoms with Gasteiger partial charge in [-0.1, -0.05) is 388 Å². The van der Waals surface area contributed by atoms with Gasteiger partial charge in [-0.15, -0.1) is 0 Å². The molecule has 0 bridgehead atoms. The molecule has 0 spiro atoms. The van der Waals surface area contributed by atoms with Gasteiger partial charge < -0.3 is 92.6 Å². The minimum Gasteiger partial charge on any atom is -0.437 e. The van der Waals surface area contributed by atoms with Crippen molar-refractivity contribution in [3.05, 3.63) is 330 Å². The van der Waals surface area contributed by atoms with Crippen LogP contribution in [0.25, 0.3) is 21.5 Å². The number of alkyl halides is 1. The smallest absolute Gasteiger partial charge is 0.419 e. The van der Waals surface area contributed by atoms with Gasteiger partial charge in [0.1, 0.15) is 73.5 Å². The number of rotatable bonds is 45. The summed E-state index contributed by atoms with van der Waals surface area (Å²) in [6, 6.07) is 89.6. The van der Waals surface area contributed by atoms with Crippen molar-refractivity contribution in [2.75, 3.05) is 44.5 Å². The van der Waals surface area contributed by atoms with Crippen molar-refractivity contribution in [2.24, 2.45) is 0 Å². The zero-order valence-electron chi connectivity index (χ0n) is 85.8. The van der Waals surface area contributed by atoms with Crippen LogP contribution in [-0.2, 0) is 140 Å². The van der Waals surface area contributed by atoms with Gasteiger partial charge in [0.25, 0.3) is 0 Å². The molecular weight excluding hydrogens is 1960 g/mol. The quantitative estimate of drug-likeness (QED) is 0.0212. The Morgan fingerprint density at radius 3 is 1.03 bits per heavy atom. The van der Waals surface area contributed by atoms with Crippen molar-refractivity contribution in [3.8, 4) is 0 Å². The van der Waals surface area contributed by atoms with E-state index in [0.29, 0.717) is 31.3 Å². The van der Waals surface area contributed by atoms with E-state index >= 15 is 0 Å². The molecule has 28 heteroatoms. The summed E-state index contributed by atoms with van der Waals surface area (Å²) in [4.78, 5) is 18.6. The number of aromatic nitrogens is 2. The van der Waals surface area contributed by atoms with E-state index in [2.05, 4.69) is 176 Å². The molecule has 760 valence electrons. The molecule has 4 saturated heterocycles. The van der Waals surface area contributed by atoms with E-state index in [1.165, 1.54) is 22.5 Å². The van der Waals surface area contributed by atoms with E-state index in [9.17, 15) is 9.90 Å². The van der Waals surface area contributed by atoms with Gasteiger partial charge in [-0.25, -0.2) is 14.3 Å². The summed E-state index contributed by atoms with van der Waals surface area (Å²) in [7, 11) is -12.0. The number of fused-ring (bicyclic) bond motifs is 4. The van der Waals surface area contributed by atoms with E-state index in [0.717, 1.165) is 60.7 Å². The number of benzene rings is 10. The van der Waals surface area contributed by atoms with E-state index in [1.54, 1.807) is 6.20 Å². The maximum atomic E-state index is 14.0. The van der Waals surface area contributed by atoms with E-state index in [4.69, 9.17) is 88.9 Å². The SMILES string of the molecule is CC(C)[Si]1(C(C)C)OC[C@H]2O[C@@H](OCC(OCc3ccccc3)C(OCc3ccccc3)C(COCc3ccc4ccccc4c3)OCc3ccccc3)[C@@H](O)C2O[Si](C(C)C)(C(C)C)O1.CC(C)[Si]1(C(C)C)OC[C@H]2O[C@@H](OCC(OCc3ccccc3)C(OCc3ccccc3)C(COCc3ccc4ccccc4c3)OCc3ccccc3)[C@@H](OC(=O)n3ccnc3)C2O[Si](C(C)C)(C(C)C)O1.[2H]CI. The second kappa shape index (κ2) is 54.1. The molecule has 4 aliphatic heterocycles. The zero-order valence-corrected chi connectivity index (χ0v) is 91.0. The van der Waals surface area contributed by atoms with Crippen LogP contribution >= 0.6 is 22.6 Å². The number of halogens is 1.